The molecule has 6 heteroatoms. The maximum atomic E-state index is 11.3. The van der Waals surface area contributed by atoms with Crippen LogP contribution in [0.3, 0.4) is 0 Å². The fourth-order valence-corrected chi connectivity index (χ4v) is 4.69. The van der Waals surface area contributed by atoms with E-state index in [2.05, 4.69) is 0 Å². The zero-order valence-corrected chi connectivity index (χ0v) is 22.5. The first-order valence-corrected chi connectivity index (χ1v) is 13.7. The van der Waals surface area contributed by atoms with Crippen molar-refractivity contribution in [2.45, 2.75) is 57.1 Å². The molecular formula is C34H36O6. The SMILES string of the molecule is O[C@H]1[C@@H](OCc2ccccc2)O[C@H]([C@@H](COCc2ccccc2)OCc2ccccc2)[C@@H]1OCc1ccccc1. The van der Waals surface area contributed by atoms with Crippen molar-refractivity contribution in [2.75, 3.05) is 6.61 Å². The van der Waals surface area contributed by atoms with Crippen LogP contribution in [0.25, 0.3) is 0 Å². The van der Waals surface area contributed by atoms with Crippen molar-refractivity contribution in [1.82, 2.24) is 0 Å². The van der Waals surface area contributed by atoms with Crippen LogP contribution < -0.4 is 0 Å². The van der Waals surface area contributed by atoms with Crippen LogP contribution in [-0.2, 0) is 50.1 Å². The number of rotatable bonds is 14. The van der Waals surface area contributed by atoms with Crippen LogP contribution >= 0.6 is 0 Å². The van der Waals surface area contributed by atoms with E-state index in [0.717, 1.165) is 22.3 Å². The third kappa shape index (κ3) is 8.08. The van der Waals surface area contributed by atoms with Gasteiger partial charge in [-0.15, -0.1) is 0 Å². The molecule has 208 valence electrons. The van der Waals surface area contributed by atoms with E-state index < -0.39 is 30.7 Å². The van der Waals surface area contributed by atoms with Gasteiger partial charge in [0.2, 0.25) is 0 Å². The first kappa shape index (κ1) is 28.2. The van der Waals surface area contributed by atoms with Gasteiger partial charge < -0.3 is 28.8 Å². The van der Waals surface area contributed by atoms with Gasteiger partial charge in [0.25, 0.3) is 0 Å². The molecule has 4 aromatic rings. The number of aliphatic hydroxyl groups is 1. The fourth-order valence-electron chi connectivity index (χ4n) is 4.69. The fraction of sp³-hybridized carbons (Fsp3) is 0.294. The summed E-state index contributed by atoms with van der Waals surface area (Å²) in [5, 5.41) is 11.3. The number of hydrogen-bond donors (Lipinski definition) is 1. The van der Waals surface area contributed by atoms with Gasteiger partial charge in [0, 0.05) is 0 Å². The molecule has 1 aliphatic heterocycles. The average Bonchev–Trinajstić information content (AvgIpc) is 3.33. The molecule has 0 aromatic heterocycles. The molecule has 1 aliphatic rings. The van der Waals surface area contributed by atoms with Gasteiger partial charge in [-0.1, -0.05) is 121 Å². The van der Waals surface area contributed by atoms with E-state index in [-0.39, 0.29) is 6.61 Å². The molecule has 0 aliphatic carbocycles. The predicted octanol–water partition coefficient (Wildman–Crippen LogP) is 5.68. The smallest absolute Gasteiger partial charge is 0.187 e. The van der Waals surface area contributed by atoms with Crippen molar-refractivity contribution in [3.8, 4) is 0 Å². The van der Waals surface area contributed by atoms with Crippen molar-refractivity contribution in [3.05, 3.63) is 144 Å². The topological polar surface area (TPSA) is 66.4 Å². The van der Waals surface area contributed by atoms with E-state index in [4.69, 9.17) is 23.7 Å². The van der Waals surface area contributed by atoms with Crippen molar-refractivity contribution in [3.63, 3.8) is 0 Å². The van der Waals surface area contributed by atoms with E-state index in [9.17, 15) is 5.11 Å². The van der Waals surface area contributed by atoms with Crippen LogP contribution in [-0.4, -0.2) is 42.4 Å². The largest absolute Gasteiger partial charge is 0.385 e. The van der Waals surface area contributed by atoms with E-state index >= 15 is 0 Å². The molecule has 6 nitrogen and oxygen atoms in total. The zero-order valence-electron chi connectivity index (χ0n) is 22.5. The van der Waals surface area contributed by atoms with E-state index in [1.54, 1.807) is 0 Å². The Morgan fingerprint density at radius 1 is 0.575 bits per heavy atom. The molecule has 0 saturated carbocycles. The summed E-state index contributed by atoms with van der Waals surface area (Å²) in [6.07, 6.45) is -3.68. The Morgan fingerprint density at radius 2 is 1.02 bits per heavy atom. The number of ether oxygens (including phenoxy) is 5. The van der Waals surface area contributed by atoms with Crippen molar-refractivity contribution < 1.29 is 28.8 Å². The van der Waals surface area contributed by atoms with Crippen molar-refractivity contribution in [1.29, 1.82) is 0 Å². The quantitative estimate of drug-likeness (QED) is 0.222. The normalized spacial score (nSPS) is 21.3. The van der Waals surface area contributed by atoms with E-state index in [1.807, 2.05) is 121 Å². The van der Waals surface area contributed by atoms with Gasteiger partial charge in [0.05, 0.1) is 33.0 Å². The van der Waals surface area contributed by atoms with Crippen LogP contribution in [0.5, 0.6) is 0 Å². The van der Waals surface area contributed by atoms with Crippen LogP contribution in [0.1, 0.15) is 22.3 Å². The van der Waals surface area contributed by atoms with Gasteiger partial charge in [-0.05, 0) is 22.3 Å². The Kier molecular flexibility index (Phi) is 10.5. The first-order valence-electron chi connectivity index (χ1n) is 13.7. The predicted molar refractivity (Wildman–Crippen MR) is 152 cm³/mol. The molecule has 0 unspecified atom stereocenters. The maximum Gasteiger partial charge on any atom is 0.187 e. The third-order valence-electron chi connectivity index (χ3n) is 6.84. The molecule has 5 atom stereocenters. The lowest BCUT2D eigenvalue weighted by molar-refractivity contribution is -0.196. The third-order valence-corrected chi connectivity index (χ3v) is 6.84. The molecule has 1 saturated heterocycles. The van der Waals surface area contributed by atoms with E-state index in [1.165, 1.54) is 0 Å². The summed E-state index contributed by atoms with van der Waals surface area (Å²) in [6.45, 7) is 1.70. The molecule has 40 heavy (non-hydrogen) atoms. The minimum Gasteiger partial charge on any atom is -0.385 e. The minimum atomic E-state index is -1.01. The summed E-state index contributed by atoms with van der Waals surface area (Å²) in [7, 11) is 0. The molecule has 5 rings (SSSR count). The van der Waals surface area contributed by atoms with Crippen LogP contribution in [0.4, 0.5) is 0 Å². The zero-order chi connectivity index (χ0) is 27.4. The molecule has 1 N–H and O–H groups in total. The highest BCUT2D eigenvalue weighted by molar-refractivity contribution is 5.16. The van der Waals surface area contributed by atoms with Crippen LogP contribution in [0, 0.1) is 0 Å². The maximum absolute atomic E-state index is 11.3. The second kappa shape index (κ2) is 14.9. The van der Waals surface area contributed by atoms with Crippen LogP contribution in [0.15, 0.2) is 121 Å². The highest BCUT2D eigenvalue weighted by atomic mass is 16.7. The van der Waals surface area contributed by atoms with Gasteiger partial charge in [0.1, 0.15) is 24.4 Å². The Hall–Kier alpha value is -3.36. The number of aliphatic hydroxyl groups excluding tert-OH is 1. The van der Waals surface area contributed by atoms with E-state index in [0.29, 0.717) is 26.4 Å². The summed E-state index contributed by atoms with van der Waals surface area (Å²) in [5.41, 5.74) is 4.10. The molecule has 0 radical (unpaired) electrons. The van der Waals surface area contributed by atoms with Crippen LogP contribution in [0.2, 0.25) is 0 Å². The second-order valence-electron chi connectivity index (χ2n) is 9.85. The summed E-state index contributed by atoms with van der Waals surface area (Å²) in [6, 6.07) is 39.7. The van der Waals surface area contributed by atoms with Gasteiger partial charge >= 0.3 is 0 Å². The monoisotopic (exact) mass is 540 g/mol. The lowest BCUT2D eigenvalue weighted by Gasteiger charge is -2.28. The van der Waals surface area contributed by atoms with Crippen molar-refractivity contribution >= 4 is 0 Å². The van der Waals surface area contributed by atoms with Gasteiger partial charge in [0.15, 0.2) is 6.29 Å². The molecule has 1 heterocycles. The molecule has 4 aromatic carbocycles. The Labute approximate surface area is 236 Å². The molecule has 0 bridgehead atoms. The first-order chi connectivity index (χ1) is 19.8. The highest BCUT2D eigenvalue weighted by Gasteiger charge is 2.49. The second-order valence-corrected chi connectivity index (χ2v) is 9.85. The van der Waals surface area contributed by atoms with Gasteiger partial charge in [-0.2, -0.15) is 0 Å². The summed E-state index contributed by atoms with van der Waals surface area (Å²) >= 11 is 0. The summed E-state index contributed by atoms with van der Waals surface area (Å²) in [5.74, 6) is 0. The number of hydrogen-bond acceptors (Lipinski definition) is 6. The Balaban J connectivity index is 1.32. The average molecular weight is 541 g/mol. The highest BCUT2D eigenvalue weighted by Crippen LogP contribution is 2.30. The summed E-state index contributed by atoms with van der Waals surface area (Å²) < 4.78 is 31.2. The molecule has 0 spiro atoms. The molecular weight excluding hydrogens is 504 g/mol. The van der Waals surface area contributed by atoms with Gasteiger partial charge in [-0.25, -0.2) is 0 Å². The van der Waals surface area contributed by atoms with Crippen molar-refractivity contribution in [2.24, 2.45) is 0 Å². The lowest BCUT2D eigenvalue weighted by atomic mass is 10.1. The molecule has 1 fully saturated rings. The minimum absolute atomic E-state index is 0.260. The number of benzene rings is 4. The lowest BCUT2D eigenvalue weighted by Crippen LogP contribution is -2.44. The van der Waals surface area contributed by atoms with Gasteiger partial charge in [-0.3, -0.25) is 0 Å². The standard InChI is InChI=1S/C34H36O6/c35-31-33(38-23-28-17-9-3-10-18-28)32(40-34(31)39-24-29-19-11-4-12-20-29)30(37-22-27-15-7-2-8-16-27)25-36-21-26-13-5-1-6-14-26/h1-20,30-35H,21-25H2/t30-,31-,32-,33-,34+/m1/s1. The Morgan fingerprint density at radius 3 is 1.55 bits per heavy atom. The Bertz CT molecular complexity index is 1240. The molecule has 0 amide bonds. The summed E-state index contributed by atoms with van der Waals surface area (Å²) in [4.78, 5) is 0.